The summed E-state index contributed by atoms with van der Waals surface area (Å²) in [6, 6.07) is 0. The maximum Gasteiger partial charge on any atom is 0.262 e. The topological polar surface area (TPSA) is 76.9 Å². The monoisotopic (exact) mass is 248 g/mol. The fraction of sp³-hybridized carbons (Fsp3) is 0.667. The summed E-state index contributed by atoms with van der Waals surface area (Å²) < 4.78 is 1.27. The highest BCUT2D eigenvalue weighted by Gasteiger charge is 2.42. The Balaban J connectivity index is 1.95. The van der Waals surface area contributed by atoms with Gasteiger partial charge in [0, 0.05) is 6.42 Å². The summed E-state index contributed by atoms with van der Waals surface area (Å²) in [5.74, 6) is 0.0236. The molecule has 0 saturated heterocycles. The molecule has 0 spiro atoms. The molecule has 2 heterocycles. The highest BCUT2D eigenvalue weighted by atomic mass is 16.2. The predicted octanol–water partition coefficient (Wildman–Crippen LogP) is 1.24. The van der Waals surface area contributed by atoms with Crippen molar-refractivity contribution in [1.29, 1.82) is 0 Å². The fourth-order valence-corrected chi connectivity index (χ4v) is 2.88. The van der Waals surface area contributed by atoms with Crippen molar-refractivity contribution >= 4 is 17.8 Å². The number of aryl methyl sites for hydroxylation is 1. The van der Waals surface area contributed by atoms with E-state index in [1.807, 2.05) is 6.92 Å². The number of nitrogens with zero attached hydrogens (tertiary/aromatic N) is 3. The first-order valence-electron chi connectivity index (χ1n) is 6.51. The molecular weight excluding hydrogens is 232 g/mol. The van der Waals surface area contributed by atoms with Crippen LogP contribution in [0.2, 0.25) is 0 Å². The number of anilines is 1. The van der Waals surface area contributed by atoms with E-state index in [1.165, 1.54) is 4.68 Å². The zero-order valence-electron chi connectivity index (χ0n) is 10.3. The van der Waals surface area contributed by atoms with Gasteiger partial charge >= 0.3 is 0 Å². The average molecular weight is 248 g/mol. The SMILES string of the molecule is CCc1nc2n(n1)C(=O)C(C1CCCC1)C(=O)N2. The predicted molar refractivity (Wildman–Crippen MR) is 64.1 cm³/mol. The van der Waals surface area contributed by atoms with Crippen LogP contribution in [0.3, 0.4) is 0 Å². The molecule has 1 saturated carbocycles. The van der Waals surface area contributed by atoms with Crippen LogP contribution in [-0.2, 0) is 11.2 Å². The Morgan fingerprint density at radius 2 is 2.06 bits per heavy atom. The van der Waals surface area contributed by atoms with Crippen molar-refractivity contribution in [2.45, 2.75) is 39.0 Å². The Kier molecular flexibility index (Phi) is 2.65. The van der Waals surface area contributed by atoms with E-state index in [0.29, 0.717) is 12.2 Å². The highest BCUT2D eigenvalue weighted by molar-refractivity contribution is 6.10. The number of nitrogens with one attached hydrogen (secondary N) is 1. The first-order chi connectivity index (χ1) is 8.70. The summed E-state index contributed by atoms with van der Waals surface area (Å²) in [7, 11) is 0. The van der Waals surface area contributed by atoms with Crippen LogP contribution in [0.5, 0.6) is 0 Å². The molecule has 1 aliphatic carbocycles. The molecule has 0 radical (unpaired) electrons. The summed E-state index contributed by atoms with van der Waals surface area (Å²) in [4.78, 5) is 28.5. The molecule has 3 rings (SSSR count). The standard InChI is InChI=1S/C12H16N4O2/c1-2-8-13-12-14-10(17)9(7-5-3-4-6-7)11(18)16(12)15-8/h7,9H,2-6H2,1H3,(H,13,14,15,17). The molecule has 1 atom stereocenters. The molecule has 0 bridgehead atoms. The Labute approximate surface area is 105 Å². The number of carbonyl (C=O) groups excluding carboxylic acids is 2. The van der Waals surface area contributed by atoms with Crippen LogP contribution >= 0.6 is 0 Å². The molecule has 18 heavy (non-hydrogen) atoms. The average Bonchev–Trinajstić information content (AvgIpc) is 2.97. The molecule has 1 N–H and O–H groups in total. The number of aromatic nitrogens is 3. The number of carbonyl (C=O) groups is 2. The molecule has 6 heteroatoms. The molecule has 2 aliphatic rings. The molecular formula is C12H16N4O2. The third-order valence-electron chi connectivity index (χ3n) is 3.83. The first-order valence-corrected chi connectivity index (χ1v) is 6.51. The highest BCUT2D eigenvalue weighted by Crippen LogP contribution is 2.34. The number of hydrogen-bond acceptors (Lipinski definition) is 4. The molecule has 1 aromatic heterocycles. The fourth-order valence-electron chi connectivity index (χ4n) is 2.88. The van der Waals surface area contributed by atoms with E-state index in [1.54, 1.807) is 0 Å². The van der Waals surface area contributed by atoms with Gasteiger partial charge in [0.25, 0.3) is 5.91 Å². The lowest BCUT2D eigenvalue weighted by atomic mass is 9.88. The third kappa shape index (κ3) is 1.63. The minimum Gasteiger partial charge on any atom is -0.294 e. The van der Waals surface area contributed by atoms with Crippen LogP contribution in [0.25, 0.3) is 0 Å². The van der Waals surface area contributed by atoms with Crippen LogP contribution in [0.4, 0.5) is 5.95 Å². The summed E-state index contributed by atoms with van der Waals surface area (Å²) >= 11 is 0. The molecule has 1 aliphatic heterocycles. The molecule has 1 amide bonds. The quantitative estimate of drug-likeness (QED) is 0.799. The minimum absolute atomic E-state index is 0.167. The van der Waals surface area contributed by atoms with Gasteiger partial charge in [0.15, 0.2) is 5.82 Å². The van der Waals surface area contributed by atoms with Gasteiger partial charge in [0.05, 0.1) is 0 Å². The van der Waals surface area contributed by atoms with Gasteiger partial charge in [-0.1, -0.05) is 19.8 Å². The van der Waals surface area contributed by atoms with E-state index in [2.05, 4.69) is 15.4 Å². The lowest BCUT2D eigenvalue weighted by Gasteiger charge is -2.24. The van der Waals surface area contributed by atoms with Crippen molar-refractivity contribution < 1.29 is 9.59 Å². The Morgan fingerprint density at radius 1 is 1.33 bits per heavy atom. The molecule has 1 unspecified atom stereocenters. The molecule has 6 nitrogen and oxygen atoms in total. The van der Waals surface area contributed by atoms with Gasteiger partial charge in [-0.15, -0.1) is 5.10 Å². The van der Waals surface area contributed by atoms with Gasteiger partial charge in [-0.05, 0) is 18.8 Å². The summed E-state index contributed by atoms with van der Waals surface area (Å²) in [5, 5.41) is 6.85. The van der Waals surface area contributed by atoms with E-state index in [4.69, 9.17) is 0 Å². The largest absolute Gasteiger partial charge is 0.294 e. The van der Waals surface area contributed by atoms with Crippen molar-refractivity contribution in [3.63, 3.8) is 0 Å². The number of hydrogen-bond donors (Lipinski definition) is 1. The molecule has 96 valence electrons. The molecule has 1 fully saturated rings. The maximum absolute atomic E-state index is 12.3. The molecule has 1 aromatic rings. The first kappa shape index (κ1) is 11.4. The van der Waals surface area contributed by atoms with E-state index in [0.717, 1.165) is 25.7 Å². The Bertz CT molecular complexity index is 502. The smallest absolute Gasteiger partial charge is 0.262 e. The summed E-state index contributed by atoms with van der Waals surface area (Å²) in [5.41, 5.74) is 0. The van der Waals surface area contributed by atoms with Crippen LogP contribution in [0.15, 0.2) is 0 Å². The second-order valence-electron chi connectivity index (χ2n) is 4.97. The van der Waals surface area contributed by atoms with E-state index < -0.39 is 5.92 Å². The van der Waals surface area contributed by atoms with Gasteiger partial charge in [-0.3, -0.25) is 14.9 Å². The minimum atomic E-state index is -0.577. The van der Waals surface area contributed by atoms with Crippen LogP contribution in [0, 0.1) is 11.8 Å². The number of amides is 1. The number of fused-ring (bicyclic) bond motifs is 1. The Morgan fingerprint density at radius 3 is 2.72 bits per heavy atom. The summed E-state index contributed by atoms with van der Waals surface area (Å²) in [6.07, 6.45) is 4.76. The second-order valence-corrected chi connectivity index (χ2v) is 4.97. The van der Waals surface area contributed by atoms with Crippen LogP contribution in [0.1, 0.15) is 43.2 Å². The van der Waals surface area contributed by atoms with E-state index in [-0.39, 0.29) is 23.7 Å². The second kappa shape index (κ2) is 4.19. The van der Waals surface area contributed by atoms with Crippen molar-refractivity contribution in [1.82, 2.24) is 14.8 Å². The van der Waals surface area contributed by atoms with Gasteiger partial charge in [-0.2, -0.15) is 9.67 Å². The van der Waals surface area contributed by atoms with Crippen LogP contribution < -0.4 is 5.32 Å². The third-order valence-corrected chi connectivity index (χ3v) is 3.83. The Hall–Kier alpha value is -1.72. The van der Waals surface area contributed by atoms with Crippen molar-refractivity contribution in [3.8, 4) is 0 Å². The van der Waals surface area contributed by atoms with Gasteiger partial charge < -0.3 is 0 Å². The van der Waals surface area contributed by atoms with Crippen LogP contribution in [-0.4, -0.2) is 26.6 Å². The summed E-state index contributed by atoms with van der Waals surface area (Å²) in [6.45, 7) is 1.92. The lowest BCUT2D eigenvalue weighted by Crippen LogP contribution is -2.43. The molecule has 0 aromatic carbocycles. The van der Waals surface area contributed by atoms with Gasteiger partial charge in [-0.25, -0.2) is 0 Å². The van der Waals surface area contributed by atoms with Crippen molar-refractivity contribution in [3.05, 3.63) is 5.82 Å². The van der Waals surface area contributed by atoms with Crippen molar-refractivity contribution in [2.24, 2.45) is 11.8 Å². The maximum atomic E-state index is 12.3. The van der Waals surface area contributed by atoms with E-state index in [9.17, 15) is 9.59 Å². The lowest BCUT2D eigenvalue weighted by molar-refractivity contribution is -0.120. The van der Waals surface area contributed by atoms with Gasteiger partial charge in [0.1, 0.15) is 5.92 Å². The normalized spacial score (nSPS) is 24.2. The zero-order chi connectivity index (χ0) is 12.7. The number of rotatable bonds is 2. The van der Waals surface area contributed by atoms with Crippen molar-refractivity contribution in [2.75, 3.05) is 5.32 Å². The zero-order valence-corrected chi connectivity index (χ0v) is 10.3. The van der Waals surface area contributed by atoms with Gasteiger partial charge in [0.2, 0.25) is 11.9 Å². The van der Waals surface area contributed by atoms with E-state index >= 15 is 0 Å².